The lowest BCUT2D eigenvalue weighted by Gasteiger charge is -1.98. The van der Waals surface area contributed by atoms with Crippen LogP contribution in [0, 0.1) is 0 Å². The van der Waals surface area contributed by atoms with Crippen molar-refractivity contribution in [2.24, 2.45) is 0 Å². The molecule has 0 bridgehead atoms. The van der Waals surface area contributed by atoms with E-state index < -0.39 is 0 Å². The Kier molecular flexibility index (Phi) is 4.38. The van der Waals surface area contributed by atoms with Crippen molar-refractivity contribution in [2.75, 3.05) is 7.05 Å². The van der Waals surface area contributed by atoms with E-state index in [0.717, 1.165) is 5.70 Å². The lowest BCUT2D eigenvalue weighted by atomic mass is 10.2. The smallest absolute Gasteiger partial charge is 0.0334 e. The van der Waals surface area contributed by atoms with Gasteiger partial charge in [0.05, 0.1) is 0 Å². The molecule has 1 heteroatoms. The van der Waals surface area contributed by atoms with Crippen LogP contribution in [0.15, 0.2) is 36.1 Å². The zero-order valence-electron chi connectivity index (χ0n) is 6.94. The number of hydrogen-bond donors (Lipinski definition) is 1. The standard InChI is InChI=1S/C9H15N/c1-5-8(3)7-9(6-2)10-4/h5-7,10H,2H2,1,3-4H3/b8-5-,9-7+. The third-order valence-corrected chi connectivity index (χ3v) is 1.35. The van der Waals surface area contributed by atoms with Crippen LogP contribution in [0.4, 0.5) is 0 Å². The fourth-order valence-corrected chi connectivity index (χ4v) is 0.562. The molecule has 0 aliphatic rings. The van der Waals surface area contributed by atoms with Crippen molar-refractivity contribution in [2.45, 2.75) is 13.8 Å². The van der Waals surface area contributed by atoms with Gasteiger partial charge in [-0.1, -0.05) is 18.2 Å². The molecule has 0 spiro atoms. The van der Waals surface area contributed by atoms with Crippen LogP contribution in [-0.4, -0.2) is 7.05 Å². The van der Waals surface area contributed by atoms with E-state index >= 15 is 0 Å². The summed E-state index contributed by atoms with van der Waals surface area (Å²) in [6, 6.07) is 0. The number of likely N-dealkylation sites (N-methyl/N-ethyl adjacent to an activating group) is 1. The Bertz CT molecular complexity index is 164. The summed E-state index contributed by atoms with van der Waals surface area (Å²) in [6.45, 7) is 7.73. The highest BCUT2D eigenvalue weighted by molar-refractivity contribution is 5.25. The molecule has 56 valence electrons. The van der Waals surface area contributed by atoms with Crippen molar-refractivity contribution in [3.63, 3.8) is 0 Å². The second kappa shape index (κ2) is 4.86. The predicted octanol–water partition coefficient (Wildman–Crippen LogP) is 2.24. The van der Waals surface area contributed by atoms with Gasteiger partial charge < -0.3 is 5.32 Å². The molecule has 0 saturated carbocycles. The van der Waals surface area contributed by atoms with E-state index in [1.807, 2.05) is 20.0 Å². The van der Waals surface area contributed by atoms with E-state index in [1.165, 1.54) is 5.57 Å². The molecule has 0 aromatic carbocycles. The molecule has 10 heavy (non-hydrogen) atoms. The zero-order valence-corrected chi connectivity index (χ0v) is 6.94. The van der Waals surface area contributed by atoms with Crippen LogP contribution >= 0.6 is 0 Å². The van der Waals surface area contributed by atoms with E-state index in [4.69, 9.17) is 0 Å². The molecule has 0 aromatic heterocycles. The Morgan fingerprint density at radius 1 is 1.50 bits per heavy atom. The molecule has 0 aliphatic heterocycles. The molecular formula is C9H15N. The quantitative estimate of drug-likeness (QED) is 0.588. The maximum atomic E-state index is 3.66. The van der Waals surface area contributed by atoms with Crippen molar-refractivity contribution in [3.8, 4) is 0 Å². The molecule has 0 rings (SSSR count). The lowest BCUT2D eigenvalue weighted by molar-refractivity contribution is 1.03. The molecule has 0 heterocycles. The van der Waals surface area contributed by atoms with Crippen LogP contribution in [0.5, 0.6) is 0 Å². The summed E-state index contributed by atoms with van der Waals surface area (Å²) in [5.74, 6) is 0. The summed E-state index contributed by atoms with van der Waals surface area (Å²) in [6.07, 6.45) is 5.90. The first-order valence-electron chi connectivity index (χ1n) is 3.39. The van der Waals surface area contributed by atoms with E-state index in [2.05, 4.69) is 24.9 Å². The molecule has 0 atom stereocenters. The van der Waals surface area contributed by atoms with Gasteiger partial charge in [0, 0.05) is 12.7 Å². The van der Waals surface area contributed by atoms with Gasteiger partial charge in [0.1, 0.15) is 0 Å². The summed E-state index contributed by atoms with van der Waals surface area (Å²) in [5, 5.41) is 3.02. The van der Waals surface area contributed by atoms with Gasteiger partial charge in [0.15, 0.2) is 0 Å². The van der Waals surface area contributed by atoms with E-state index in [0.29, 0.717) is 0 Å². The summed E-state index contributed by atoms with van der Waals surface area (Å²) in [4.78, 5) is 0. The van der Waals surface area contributed by atoms with Gasteiger partial charge in [-0.2, -0.15) is 0 Å². The molecule has 0 fully saturated rings. The molecule has 0 amide bonds. The van der Waals surface area contributed by atoms with Crippen molar-refractivity contribution in [3.05, 3.63) is 36.1 Å². The fourth-order valence-electron chi connectivity index (χ4n) is 0.562. The van der Waals surface area contributed by atoms with Crippen molar-refractivity contribution >= 4 is 0 Å². The average Bonchev–Trinajstić information content (AvgIpc) is 1.99. The van der Waals surface area contributed by atoms with Crippen molar-refractivity contribution < 1.29 is 0 Å². The zero-order chi connectivity index (χ0) is 7.98. The minimum Gasteiger partial charge on any atom is -0.388 e. The second-order valence-corrected chi connectivity index (χ2v) is 2.09. The highest BCUT2D eigenvalue weighted by atomic mass is 14.8. The molecule has 0 saturated heterocycles. The van der Waals surface area contributed by atoms with Gasteiger partial charge in [0.25, 0.3) is 0 Å². The number of allylic oxidation sites excluding steroid dienone is 4. The summed E-state index contributed by atoms with van der Waals surface area (Å²) >= 11 is 0. The second-order valence-electron chi connectivity index (χ2n) is 2.09. The lowest BCUT2D eigenvalue weighted by Crippen LogP contribution is -2.02. The Morgan fingerprint density at radius 2 is 2.10 bits per heavy atom. The third kappa shape index (κ3) is 3.13. The first-order valence-corrected chi connectivity index (χ1v) is 3.39. The molecule has 0 radical (unpaired) electrons. The highest BCUT2D eigenvalue weighted by Gasteiger charge is 1.84. The summed E-state index contributed by atoms with van der Waals surface area (Å²) in [7, 11) is 1.89. The number of nitrogens with one attached hydrogen (secondary N) is 1. The highest BCUT2D eigenvalue weighted by Crippen LogP contribution is 1.98. The largest absolute Gasteiger partial charge is 0.388 e. The van der Waals surface area contributed by atoms with Crippen LogP contribution in [0.2, 0.25) is 0 Å². The Morgan fingerprint density at radius 3 is 2.40 bits per heavy atom. The van der Waals surface area contributed by atoms with Gasteiger partial charge in [-0.3, -0.25) is 0 Å². The topological polar surface area (TPSA) is 12.0 Å². The summed E-state index contributed by atoms with van der Waals surface area (Å²) < 4.78 is 0. The molecule has 1 N–H and O–H groups in total. The molecule has 0 aliphatic carbocycles. The third-order valence-electron chi connectivity index (χ3n) is 1.35. The Labute approximate surface area is 63.1 Å². The van der Waals surface area contributed by atoms with Crippen LogP contribution < -0.4 is 5.32 Å². The normalized spacial score (nSPS) is 13.1. The van der Waals surface area contributed by atoms with Gasteiger partial charge in [0.2, 0.25) is 0 Å². The number of rotatable bonds is 3. The average molecular weight is 137 g/mol. The van der Waals surface area contributed by atoms with Crippen LogP contribution in [0.25, 0.3) is 0 Å². The van der Waals surface area contributed by atoms with Crippen molar-refractivity contribution in [1.82, 2.24) is 5.32 Å². The maximum absolute atomic E-state index is 3.66. The Balaban J connectivity index is 4.24. The molecular weight excluding hydrogens is 122 g/mol. The minimum atomic E-state index is 1.05. The molecule has 0 aromatic rings. The monoisotopic (exact) mass is 137 g/mol. The predicted molar refractivity (Wildman–Crippen MR) is 46.8 cm³/mol. The van der Waals surface area contributed by atoms with Crippen LogP contribution in [0.1, 0.15) is 13.8 Å². The van der Waals surface area contributed by atoms with Gasteiger partial charge in [-0.15, -0.1) is 0 Å². The van der Waals surface area contributed by atoms with Crippen LogP contribution in [0.3, 0.4) is 0 Å². The van der Waals surface area contributed by atoms with Gasteiger partial charge >= 0.3 is 0 Å². The Hall–Kier alpha value is -0.980. The summed E-state index contributed by atoms with van der Waals surface area (Å²) in [5.41, 5.74) is 2.29. The van der Waals surface area contributed by atoms with Gasteiger partial charge in [-0.25, -0.2) is 0 Å². The van der Waals surface area contributed by atoms with E-state index in [1.54, 1.807) is 6.08 Å². The SMILES string of the molecule is C=C/C(=C\C(C)=C/C)NC. The maximum Gasteiger partial charge on any atom is 0.0334 e. The molecule has 0 unspecified atom stereocenters. The van der Waals surface area contributed by atoms with Gasteiger partial charge in [-0.05, 0) is 26.0 Å². The fraction of sp³-hybridized carbons (Fsp3) is 0.333. The first-order chi connectivity index (χ1) is 4.74. The minimum absolute atomic E-state index is 1.05. The number of hydrogen-bond acceptors (Lipinski definition) is 1. The van der Waals surface area contributed by atoms with Crippen LogP contribution in [-0.2, 0) is 0 Å². The van der Waals surface area contributed by atoms with E-state index in [-0.39, 0.29) is 0 Å². The van der Waals surface area contributed by atoms with E-state index in [9.17, 15) is 0 Å². The first kappa shape index (κ1) is 9.02. The molecule has 1 nitrogen and oxygen atoms in total. The van der Waals surface area contributed by atoms with Crippen molar-refractivity contribution in [1.29, 1.82) is 0 Å².